The summed E-state index contributed by atoms with van der Waals surface area (Å²) in [4.78, 5) is 35.5. The molecule has 126 valence electrons. The van der Waals surface area contributed by atoms with Crippen LogP contribution in [-0.4, -0.2) is 28.3 Å². The molecule has 0 spiro atoms. The number of hydrogen-bond donors (Lipinski definition) is 1. The maximum atomic E-state index is 12.2. The van der Waals surface area contributed by atoms with E-state index in [4.69, 9.17) is 4.74 Å². The minimum Gasteiger partial charge on any atom is -0.448 e. The molecule has 1 atom stereocenters. The molecule has 0 aliphatic carbocycles. The summed E-state index contributed by atoms with van der Waals surface area (Å²) in [7, 11) is 1.64. The number of aryl methyl sites for hydroxylation is 1. The standard InChI is InChI=1S/C18H20N2O4/c1-12(21)15-9-16(20(3)11-15)18(23)24-13(2)17(22)19-10-14-7-5-4-6-8-14/h4-9,11,13H,10H2,1-3H3,(H,19,22)/t13-/m1/s1. The first-order valence-corrected chi connectivity index (χ1v) is 7.58. The lowest BCUT2D eigenvalue weighted by Crippen LogP contribution is -2.35. The van der Waals surface area contributed by atoms with Crippen molar-refractivity contribution in [3.05, 3.63) is 59.4 Å². The Bertz CT molecular complexity index is 750. The van der Waals surface area contributed by atoms with E-state index in [-0.39, 0.29) is 17.4 Å². The van der Waals surface area contributed by atoms with Crippen molar-refractivity contribution in [2.24, 2.45) is 7.05 Å². The van der Waals surface area contributed by atoms with Gasteiger partial charge in [0.15, 0.2) is 11.9 Å². The van der Waals surface area contributed by atoms with Gasteiger partial charge in [-0.05, 0) is 25.5 Å². The number of benzene rings is 1. The lowest BCUT2D eigenvalue weighted by Gasteiger charge is -2.13. The van der Waals surface area contributed by atoms with Crippen molar-refractivity contribution in [3.8, 4) is 0 Å². The molecule has 6 nitrogen and oxygen atoms in total. The van der Waals surface area contributed by atoms with Gasteiger partial charge < -0.3 is 14.6 Å². The normalized spacial score (nSPS) is 11.6. The first-order valence-electron chi connectivity index (χ1n) is 7.58. The van der Waals surface area contributed by atoms with Crippen molar-refractivity contribution in [2.45, 2.75) is 26.5 Å². The van der Waals surface area contributed by atoms with E-state index >= 15 is 0 Å². The zero-order valence-corrected chi connectivity index (χ0v) is 13.9. The number of aromatic nitrogens is 1. The molecule has 1 heterocycles. The van der Waals surface area contributed by atoms with Crippen LogP contribution in [0.15, 0.2) is 42.6 Å². The Balaban J connectivity index is 1.93. The molecule has 0 saturated heterocycles. The van der Waals surface area contributed by atoms with Crippen LogP contribution in [0.25, 0.3) is 0 Å². The maximum Gasteiger partial charge on any atom is 0.355 e. The van der Waals surface area contributed by atoms with E-state index < -0.39 is 12.1 Å². The van der Waals surface area contributed by atoms with E-state index in [9.17, 15) is 14.4 Å². The highest BCUT2D eigenvalue weighted by Crippen LogP contribution is 2.11. The second-order valence-corrected chi connectivity index (χ2v) is 5.53. The summed E-state index contributed by atoms with van der Waals surface area (Å²) < 4.78 is 6.69. The summed E-state index contributed by atoms with van der Waals surface area (Å²) in [5, 5.41) is 2.72. The van der Waals surface area contributed by atoms with Crippen LogP contribution in [0.3, 0.4) is 0 Å². The molecule has 0 fully saturated rings. The molecule has 6 heteroatoms. The number of carbonyl (C=O) groups excluding carboxylic acids is 3. The summed E-state index contributed by atoms with van der Waals surface area (Å²) in [6, 6.07) is 10.9. The van der Waals surface area contributed by atoms with Crippen LogP contribution in [-0.2, 0) is 23.1 Å². The molecule has 0 aliphatic rings. The van der Waals surface area contributed by atoms with Crippen molar-refractivity contribution < 1.29 is 19.1 Å². The van der Waals surface area contributed by atoms with Crippen molar-refractivity contribution >= 4 is 17.7 Å². The number of ketones is 1. The molecule has 0 radical (unpaired) electrons. The SMILES string of the molecule is CC(=O)c1cc(C(=O)O[C@H](C)C(=O)NCc2ccccc2)n(C)c1. The molecule has 2 aromatic rings. The van der Waals surface area contributed by atoms with Gasteiger partial charge in [-0.3, -0.25) is 9.59 Å². The number of amides is 1. The van der Waals surface area contributed by atoms with Crippen LogP contribution >= 0.6 is 0 Å². The van der Waals surface area contributed by atoms with Crippen molar-refractivity contribution in [3.63, 3.8) is 0 Å². The fourth-order valence-corrected chi connectivity index (χ4v) is 2.16. The molecule has 0 bridgehead atoms. The van der Waals surface area contributed by atoms with Crippen LogP contribution in [0, 0.1) is 0 Å². The van der Waals surface area contributed by atoms with E-state index in [1.807, 2.05) is 30.3 Å². The third-order valence-electron chi connectivity index (χ3n) is 3.58. The van der Waals surface area contributed by atoms with Gasteiger partial charge in [0.05, 0.1) is 0 Å². The predicted molar refractivity (Wildman–Crippen MR) is 88.6 cm³/mol. The highest BCUT2D eigenvalue weighted by molar-refractivity contribution is 5.98. The molecule has 24 heavy (non-hydrogen) atoms. The Morgan fingerprint density at radius 3 is 2.46 bits per heavy atom. The maximum absolute atomic E-state index is 12.2. The Morgan fingerprint density at radius 2 is 1.88 bits per heavy atom. The van der Waals surface area contributed by atoms with Gasteiger partial charge in [-0.25, -0.2) is 4.79 Å². The molecule has 0 aliphatic heterocycles. The lowest BCUT2D eigenvalue weighted by molar-refractivity contribution is -0.129. The smallest absolute Gasteiger partial charge is 0.355 e. The number of nitrogens with zero attached hydrogens (tertiary/aromatic N) is 1. The zero-order chi connectivity index (χ0) is 17.7. The Kier molecular flexibility index (Phi) is 5.52. The fourth-order valence-electron chi connectivity index (χ4n) is 2.16. The van der Waals surface area contributed by atoms with Gasteiger partial charge in [0, 0.05) is 25.4 Å². The van der Waals surface area contributed by atoms with E-state index in [2.05, 4.69) is 5.32 Å². The van der Waals surface area contributed by atoms with Crippen LogP contribution < -0.4 is 5.32 Å². The summed E-state index contributed by atoms with van der Waals surface area (Å²) in [5.74, 6) is -1.17. The molecule has 0 unspecified atom stereocenters. The molecular weight excluding hydrogens is 308 g/mol. The van der Waals surface area contributed by atoms with Gasteiger partial charge in [0.1, 0.15) is 5.69 Å². The summed E-state index contributed by atoms with van der Waals surface area (Å²) in [6.45, 7) is 3.29. The molecule has 1 amide bonds. The Morgan fingerprint density at radius 1 is 1.21 bits per heavy atom. The van der Waals surface area contributed by atoms with Crippen molar-refractivity contribution in [1.82, 2.24) is 9.88 Å². The fraction of sp³-hybridized carbons (Fsp3) is 0.278. The number of rotatable bonds is 6. The molecule has 0 saturated carbocycles. The molecule has 1 aromatic carbocycles. The number of carbonyl (C=O) groups is 3. The molecular formula is C18H20N2O4. The minimum absolute atomic E-state index is 0.140. The van der Waals surface area contributed by atoms with Gasteiger partial charge in [0.2, 0.25) is 0 Å². The summed E-state index contributed by atoms with van der Waals surface area (Å²) >= 11 is 0. The number of Topliss-reactive ketones (excluding diaryl/α,β-unsaturated/α-hetero) is 1. The summed E-state index contributed by atoms with van der Waals surface area (Å²) in [5.41, 5.74) is 1.60. The van der Waals surface area contributed by atoms with Crippen LogP contribution in [0.2, 0.25) is 0 Å². The Labute approximate surface area is 140 Å². The number of nitrogens with one attached hydrogen (secondary N) is 1. The Hall–Kier alpha value is -2.89. The van der Waals surface area contributed by atoms with Crippen LogP contribution in [0.1, 0.15) is 40.3 Å². The topological polar surface area (TPSA) is 77.4 Å². The van der Waals surface area contributed by atoms with Gasteiger partial charge in [-0.2, -0.15) is 0 Å². The zero-order valence-electron chi connectivity index (χ0n) is 13.9. The quantitative estimate of drug-likeness (QED) is 0.650. The number of hydrogen-bond acceptors (Lipinski definition) is 4. The van der Waals surface area contributed by atoms with Gasteiger partial charge in [0.25, 0.3) is 5.91 Å². The largest absolute Gasteiger partial charge is 0.448 e. The van der Waals surface area contributed by atoms with Crippen molar-refractivity contribution in [2.75, 3.05) is 0 Å². The third kappa shape index (κ3) is 4.32. The number of ether oxygens (including phenoxy) is 1. The van der Waals surface area contributed by atoms with Gasteiger partial charge in [-0.1, -0.05) is 30.3 Å². The van der Waals surface area contributed by atoms with E-state index in [1.165, 1.54) is 24.5 Å². The highest BCUT2D eigenvalue weighted by Gasteiger charge is 2.21. The second kappa shape index (κ2) is 7.59. The average molecular weight is 328 g/mol. The molecule has 1 N–H and O–H groups in total. The average Bonchev–Trinajstić information content (AvgIpc) is 2.95. The minimum atomic E-state index is -0.933. The van der Waals surface area contributed by atoms with Crippen molar-refractivity contribution in [1.29, 1.82) is 0 Å². The first kappa shape index (κ1) is 17.5. The lowest BCUT2D eigenvalue weighted by atomic mass is 10.2. The van der Waals surface area contributed by atoms with E-state index in [0.29, 0.717) is 12.1 Å². The van der Waals surface area contributed by atoms with E-state index in [0.717, 1.165) is 5.56 Å². The number of esters is 1. The molecule has 1 aromatic heterocycles. The van der Waals surface area contributed by atoms with Crippen LogP contribution in [0.4, 0.5) is 0 Å². The second-order valence-electron chi connectivity index (χ2n) is 5.53. The monoisotopic (exact) mass is 328 g/mol. The predicted octanol–water partition coefficient (Wildman–Crippen LogP) is 2.09. The van der Waals surface area contributed by atoms with Gasteiger partial charge >= 0.3 is 5.97 Å². The highest BCUT2D eigenvalue weighted by atomic mass is 16.5. The molecule has 2 rings (SSSR count). The third-order valence-corrected chi connectivity index (χ3v) is 3.58. The summed E-state index contributed by atoms with van der Waals surface area (Å²) in [6.07, 6.45) is 0.621. The van der Waals surface area contributed by atoms with Crippen LogP contribution in [0.5, 0.6) is 0 Å². The van der Waals surface area contributed by atoms with Gasteiger partial charge in [-0.15, -0.1) is 0 Å². The first-order chi connectivity index (χ1) is 11.4. The van der Waals surface area contributed by atoms with E-state index in [1.54, 1.807) is 13.2 Å².